The molecule has 12 heteroatoms. The Labute approximate surface area is 284 Å². The van der Waals surface area contributed by atoms with Crippen LogP contribution >= 0.6 is 0 Å². The van der Waals surface area contributed by atoms with Crippen molar-refractivity contribution in [2.24, 2.45) is 0 Å². The number of aliphatic hydroxyl groups is 2. The molecule has 12 nitrogen and oxygen atoms in total. The highest BCUT2D eigenvalue weighted by atomic mass is 16.5. The van der Waals surface area contributed by atoms with Crippen LogP contribution in [0.5, 0.6) is 0 Å². The summed E-state index contributed by atoms with van der Waals surface area (Å²) in [6.45, 7) is 9.24. The topological polar surface area (TPSA) is 177 Å². The van der Waals surface area contributed by atoms with Crippen LogP contribution in [0.15, 0.2) is 18.2 Å². The van der Waals surface area contributed by atoms with E-state index in [1.165, 1.54) is 21.3 Å². The lowest BCUT2D eigenvalue weighted by atomic mass is 9.84. The molecule has 0 amide bonds. The van der Waals surface area contributed by atoms with Crippen LogP contribution in [0.2, 0.25) is 0 Å². The van der Waals surface area contributed by atoms with Gasteiger partial charge in [0.15, 0.2) is 0 Å². The monoisotopic (exact) mass is 672 g/mol. The van der Waals surface area contributed by atoms with E-state index in [9.17, 15) is 24.6 Å². The predicted octanol–water partition coefficient (Wildman–Crippen LogP) is 5.18. The molecule has 0 spiro atoms. The van der Waals surface area contributed by atoms with Gasteiger partial charge in [0.2, 0.25) is 0 Å². The molecule has 8 bridgehead atoms. The summed E-state index contributed by atoms with van der Waals surface area (Å²) in [4.78, 5) is 55.9. The van der Waals surface area contributed by atoms with Gasteiger partial charge in [0.05, 0.1) is 57.0 Å². The lowest BCUT2D eigenvalue weighted by molar-refractivity contribution is -0.141. The van der Waals surface area contributed by atoms with Gasteiger partial charge in [-0.1, -0.05) is 13.8 Å². The first-order valence-electron chi connectivity index (χ1n) is 16.4. The molecular formula is C37H44N4O8. The molecule has 0 saturated heterocycles. The quantitative estimate of drug-likeness (QED) is 0.175. The van der Waals surface area contributed by atoms with Gasteiger partial charge in [-0.3, -0.25) is 14.6 Å². The van der Waals surface area contributed by atoms with Crippen LogP contribution in [0.4, 0.5) is 0 Å². The van der Waals surface area contributed by atoms with Crippen LogP contribution in [-0.2, 0) is 41.4 Å². The summed E-state index contributed by atoms with van der Waals surface area (Å²) in [6, 6.07) is 5.69. The minimum absolute atomic E-state index is 0.0984. The van der Waals surface area contributed by atoms with Crippen LogP contribution in [0.3, 0.4) is 0 Å². The number of aliphatic hydroxyl groups excluding tert-OH is 2. The summed E-state index contributed by atoms with van der Waals surface area (Å²) >= 11 is 0. The van der Waals surface area contributed by atoms with Crippen LogP contribution in [0.25, 0.3) is 33.2 Å². The number of aryl methyl sites for hydroxylation is 3. The Morgan fingerprint density at radius 2 is 1.55 bits per heavy atom. The van der Waals surface area contributed by atoms with E-state index in [0.717, 1.165) is 27.7 Å². The Morgan fingerprint density at radius 1 is 0.878 bits per heavy atom. The maximum Gasteiger partial charge on any atom is 0.340 e. The Morgan fingerprint density at radius 3 is 2.18 bits per heavy atom. The summed E-state index contributed by atoms with van der Waals surface area (Å²) in [5, 5.41) is 21.0. The van der Waals surface area contributed by atoms with Crippen LogP contribution in [-0.4, -0.2) is 76.0 Å². The third-order valence-electron chi connectivity index (χ3n) is 9.86. The largest absolute Gasteiger partial charge is 0.469 e. The van der Waals surface area contributed by atoms with Gasteiger partial charge in [-0.2, -0.15) is 0 Å². The number of hydrogen-bond acceptors (Lipinski definition) is 10. The molecule has 5 rings (SSSR count). The summed E-state index contributed by atoms with van der Waals surface area (Å²) < 4.78 is 15.3. The van der Waals surface area contributed by atoms with Crippen LogP contribution in [0.1, 0.15) is 102 Å². The Kier molecular flexibility index (Phi) is 10.4. The van der Waals surface area contributed by atoms with Crippen LogP contribution < -0.4 is 0 Å². The number of carbonyl (C=O) groups excluding carboxylic acids is 3. The fraction of sp³-hybridized carbons (Fsp3) is 0.432. The molecule has 4 N–H and O–H groups in total. The number of hydrogen-bond donors (Lipinski definition) is 4. The fourth-order valence-corrected chi connectivity index (χ4v) is 7.04. The first-order valence-corrected chi connectivity index (χ1v) is 16.4. The van der Waals surface area contributed by atoms with Gasteiger partial charge in [-0.25, -0.2) is 9.78 Å². The number of aromatic nitrogens is 4. The third kappa shape index (κ3) is 6.50. The van der Waals surface area contributed by atoms with E-state index in [4.69, 9.17) is 24.2 Å². The van der Waals surface area contributed by atoms with Gasteiger partial charge in [0.1, 0.15) is 6.10 Å². The van der Waals surface area contributed by atoms with Crippen molar-refractivity contribution in [3.8, 4) is 0 Å². The maximum absolute atomic E-state index is 13.4. The van der Waals surface area contributed by atoms with E-state index in [2.05, 4.69) is 9.97 Å². The molecule has 260 valence electrons. The molecule has 3 aromatic heterocycles. The van der Waals surface area contributed by atoms with Crippen molar-refractivity contribution in [3.63, 3.8) is 0 Å². The lowest BCUT2D eigenvalue weighted by Gasteiger charge is -2.18. The van der Waals surface area contributed by atoms with Gasteiger partial charge < -0.3 is 34.4 Å². The van der Waals surface area contributed by atoms with E-state index < -0.39 is 24.6 Å². The molecule has 2 aliphatic rings. The maximum atomic E-state index is 13.4. The van der Waals surface area contributed by atoms with Crippen molar-refractivity contribution in [2.45, 2.75) is 78.2 Å². The molecule has 0 aliphatic carbocycles. The van der Waals surface area contributed by atoms with Gasteiger partial charge >= 0.3 is 17.9 Å². The second-order valence-electron chi connectivity index (χ2n) is 12.5. The van der Waals surface area contributed by atoms with Crippen molar-refractivity contribution in [1.82, 2.24) is 19.9 Å². The molecule has 0 radical (unpaired) electrons. The lowest BCUT2D eigenvalue weighted by Crippen LogP contribution is -2.15. The summed E-state index contributed by atoms with van der Waals surface area (Å²) in [7, 11) is 3.92. The predicted molar refractivity (Wildman–Crippen MR) is 185 cm³/mol. The first kappa shape index (κ1) is 35.5. The Balaban J connectivity index is 2.03. The van der Waals surface area contributed by atoms with E-state index in [1.54, 1.807) is 6.92 Å². The molecule has 5 heterocycles. The molecule has 1 unspecified atom stereocenters. The van der Waals surface area contributed by atoms with E-state index in [-0.39, 0.29) is 41.9 Å². The summed E-state index contributed by atoms with van der Waals surface area (Å²) in [5.74, 6) is -2.15. The zero-order valence-electron chi connectivity index (χ0n) is 29.2. The van der Waals surface area contributed by atoms with Crippen molar-refractivity contribution in [1.29, 1.82) is 0 Å². The fourth-order valence-electron chi connectivity index (χ4n) is 7.04. The van der Waals surface area contributed by atoms with Crippen molar-refractivity contribution >= 4 is 51.1 Å². The average molecular weight is 673 g/mol. The van der Waals surface area contributed by atoms with Gasteiger partial charge in [-0.15, -0.1) is 0 Å². The molecule has 0 aromatic carbocycles. The number of methoxy groups -OCH3 is 3. The van der Waals surface area contributed by atoms with Crippen molar-refractivity contribution in [2.75, 3.05) is 27.9 Å². The minimum atomic E-state index is -1.14. The second kappa shape index (κ2) is 14.4. The second-order valence-corrected chi connectivity index (χ2v) is 12.5. The Hall–Kier alpha value is -4.81. The smallest absolute Gasteiger partial charge is 0.340 e. The first-order chi connectivity index (χ1) is 23.4. The number of nitrogens with one attached hydrogen (secondary N) is 2. The zero-order valence-corrected chi connectivity index (χ0v) is 29.2. The molecule has 3 aromatic rings. The summed E-state index contributed by atoms with van der Waals surface area (Å²) in [6.07, 6.45) is -0.225. The molecule has 0 fully saturated rings. The Bertz CT molecular complexity index is 2020. The van der Waals surface area contributed by atoms with Crippen molar-refractivity contribution < 1.29 is 38.8 Å². The number of nitrogens with zero attached hydrogens (tertiary/aromatic N) is 2. The van der Waals surface area contributed by atoms with Crippen molar-refractivity contribution in [3.05, 3.63) is 68.8 Å². The highest BCUT2D eigenvalue weighted by Crippen LogP contribution is 2.44. The minimum Gasteiger partial charge on any atom is -0.469 e. The SMILES string of the molecule is CCc1c(C)c2cc3[nH]c(cc4nc(c(CC(=O)OC)c5nc(cc1[nH]2)C(C)=C5C(=O)OC)[C@@H](CCC(=O)OC)[C@@H]4C)c(C)c3C(O)CO. The number of allylic oxidation sites excluding steroid dienone is 1. The normalized spacial score (nSPS) is 16.4. The average Bonchev–Trinajstić information content (AvgIpc) is 3.78. The third-order valence-corrected chi connectivity index (χ3v) is 9.86. The molecule has 3 atom stereocenters. The number of H-pyrrole nitrogens is 2. The van der Waals surface area contributed by atoms with Gasteiger partial charge in [-0.05, 0) is 74.1 Å². The number of ether oxygens (including phenoxy) is 3. The van der Waals surface area contributed by atoms with E-state index in [1.807, 2.05) is 45.9 Å². The standard InChI is InChI=1S/C37H44N4O8/c1-9-21-17(2)24-15-29-33(30(43)16-42)19(4)26(39-29)13-25-18(3)22(10-11-31(44)47-6)35(40-25)23(12-32(45)48-7)36-34(37(46)49-8)20(5)27(41-36)14-28(21)38-24/h13-15,18,22,30,38-39,42-43H,9-12,16H2,1-8H3/t18-,22-,30?/m0/s1. The van der Waals surface area contributed by atoms with Crippen LogP contribution in [0, 0.1) is 13.8 Å². The van der Waals surface area contributed by atoms with E-state index >= 15 is 0 Å². The molecule has 0 saturated carbocycles. The van der Waals surface area contributed by atoms with Gasteiger partial charge in [0, 0.05) is 57.1 Å². The van der Waals surface area contributed by atoms with Gasteiger partial charge in [0.25, 0.3) is 0 Å². The number of rotatable bonds is 9. The summed E-state index contributed by atoms with van der Waals surface area (Å²) in [5.41, 5.74) is 9.36. The number of fused-ring (bicyclic) bond motifs is 8. The molecule has 49 heavy (non-hydrogen) atoms. The van der Waals surface area contributed by atoms with E-state index in [0.29, 0.717) is 57.7 Å². The number of esters is 3. The molecule has 2 aliphatic heterocycles. The molecular weight excluding hydrogens is 628 g/mol. The highest BCUT2D eigenvalue weighted by molar-refractivity contribution is 6.25. The highest BCUT2D eigenvalue weighted by Gasteiger charge is 2.36. The number of carbonyl (C=O) groups is 3. The number of aromatic amines is 2. The zero-order chi connectivity index (χ0) is 35.7.